The van der Waals surface area contributed by atoms with Gasteiger partial charge >= 0.3 is 0 Å². The van der Waals surface area contributed by atoms with Gasteiger partial charge in [-0.2, -0.15) is 0 Å². The van der Waals surface area contributed by atoms with Gasteiger partial charge in [-0.3, -0.25) is 4.72 Å². The van der Waals surface area contributed by atoms with Crippen LogP contribution in [0.2, 0.25) is 0 Å². The summed E-state index contributed by atoms with van der Waals surface area (Å²) in [6.45, 7) is -0.000423. The number of halogens is 1. The zero-order chi connectivity index (χ0) is 14.6. The van der Waals surface area contributed by atoms with Crippen LogP contribution in [-0.4, -0.2) is 20.1 Å². The third kappa shape index (κ3) is 3.34. The summed E-state index contributed by atoms with van der Waals surface area (Å²) in [7, 11) is -3.82. The van der Waals surface area contributed by atoms with E-state index >= 15 is 0 Å². The van der Waals surface area contributed by atoms with Crippen molar-refractivity contribution >= 4 is 15.7 Å². The molecule has 0 fully saturated rings. The lowest BCUT2D eigenvalue weighted by Crippen LogP contribution is -2.14. The molecule has 0 aliphatic heterocycles. The maximum Gasteiger partial charge on any atom is 0.261 e. The largest absolute Gasteiger partial charge is 0.396 e. The molecule has 106 valence electrons. The van der Waals surface area contributed by atoms with Crippen LogP contribution in [0.4, 0.5) is 10.1 Å². The number of sulfonamides is 1. The van der Waals surface area contributed by atoms with Crippen molar-refractivity contribution < 1.29 is 17.9 Å². The molecule has 6 heteroatoms. The molecule has 0 saturated carbocycles. The maximum absolute atomic E-state index is 13.4. The fourth-order valence-corrected chi connectivity index (χ4v) is 2.78. The van der Waals surface area contributed by atoms with Crippen LogP contribution in [0.1, 0.15) is 5.56 Å². The highest BCUT2D eigenvalue weighted by atomic mass is 32.2. The van der Waals surface area contributed by atoms with E-state index < -0.39 is 15.8 Å². The lowest BCUT2D eigenvalue weighted by Gasteiger charge is -2.09. The van der Waals surface area contributed by atoms with Crippen LogP contribution >= 0.6 is 0 Å². The fourth-order valence-electron chi connectivity index (χ4n) is 1.71. The van der Waals surface area contributed by atoms with Gasteiger partial charge in [0.05, 0.1) is 10.6 Å². The zero-order valence-electron chi connectivity index (χ0n) is 10.6. The normalized spacial score (nSPS) is 11.3. The number of rotatable bonds is 5. The molecule has 0 aliphatic rings. The molecule has 2 aromatic rings. The first-order valence-corrected chi connectivity index (χ1v) is 7.48. The number of anilines is 1. The van der Waals surface area contributed by atoms with E-state index in [1.54, 1.807) is 18.2 Å². The number of hydrogen-bond donors (Lipinski definition) is 2. The van der Waals surface area contributed by atoms with Gasteiger partial charge in [-0.15, -0.1) is 0 Å². The summed E-state index contributed by atoms with van der Waals surface area (Å²) in [4.78, 5) is 0.0439. The molecule has 0 heterocycles. The van der Waals surface area contributed by atoms with Crippen molar-refractivity contribution in [3.63, 3.8) is 0 Å². The number of hydrogen-bond acceptors (Lipinski definition) is 3. The number of benzene rings is 2. The first-order valence-electron chi connectivity index (χ1n) is 6.00. The first-order chi connectivity index (χ1) is 9.53. The molecule has 0 bridgehead atoms. The Kier molecular flexibility index (Phi) is 4.36. The van der Waals surface area contributed by atoms with Crippen molar-refractivity contribution in [2.24, 2.45) is 0 Å². The number of aliphatic hydroxyl groups is 1. The van der Waals surface area contributed by atoms with Crippen molar-refractivity contribution in [3.8, 4) is 0 Å². The van der Waals surface area contributed by atoms with Crippen LogP contribution in [0.25, 0.3) is 0 Å². The van der Waals surface area contributed by atoms with E-state index in [0.717, 1.165) is 5.56 Å². The lowest BCUT2D eigenvalue weighted by atomic mass is 10.2. The molecule has 0 radical (unpaired) electrons. The van der Waals surface area contributed by atoms with Gasteiger partial charge in [-0.05, 0) is 36.2 Å². The minimum absolute atomic E-state index is 0.000423. The van der Waals surface area contributed by atoms with Crippen molar-refractivity contribution in [2.45, 2.75) is 11.3 Å². The molecule has 2 N–H and O–H groups in total. The Morgan fingerprint density at radius 3 is 2.30 bits per heavy atom. The first kappa shape index (κ1) is 14.5. The summed E-state index contributed by atoms with van der Waals surface area (Å²) in [5, 5.41) is 8.80. The van der Waals surface area contributed by atoms with E-state index in [4.69, 9.17) is 5.11 Å². The second kappa shape index (κ2) is 6.02. The second-order valence-corrected chi connectivity index (χ2v) is 5.89. The molecule has 2 rings (SSSR count). The standard InChI is InChI=1S/C14H14FNO3S/c15-13-3-1-2-4-14(13)16-20(18,19)12-7-5-11(6-8-12)9-10-17/h1-8,16-17H,9-10H2. The zero-order valence-corrected chi connectivity index (χ0v) is 11.4. The van der Waals surface area contributed by atoms with Crippen LogP contribution in [0, 0.1) is 5.82 Å². The molecule has 0 aromatic heterocycles. The van der Waals surface area contributed by atoms with E-state index in [0.29, 0.717) is 6.42 Å². The molecule has 4 nitrogen and oxygen atoms in total. The SMILES string of the molecule is O=S(=O)(Nc1ccccc1F)c1ccc(CCO)cc1. The summed E-state index contributed by atoms with van der Waals surface area (Å²) < 4.78 is 39.8. The van der Waals surface area contributed by atoms with Crippen molar-refractivity contribution in [1.82, 2.24) is 0 Å². The van der Waals surface area contributed by atoms with E-state index in [1.165, 1.54) is 30.3 Å². The van der Waals surface area contributed by atoms with Crippen molar-refractivity contribution in [2.75, 3.05) is 11.3 Å². The molecular formula is C14H14FNO3S. The highest BCUT2D eigenvalue weighted by Gasteiger charge is 2.15. The molecule has 0 aliphatic carbocycles. The number of aliphatic hydroxyl groups excluding tert-OH is 1. The van der Waals surface area contributed by atoms with Gasteiger partial charge in [0.25, 0.3) is 10.0 Å². The Labute approximate surface area is 116 Å². The Morgan fingerprint density at radius 2 is 1.70 bits per heavy atom. The van der Waals surface area contributed by atoms with Crippen LogP contribution in [0.3, 0.4) is 0 Å². The third-order valence-electron chi connectivity index (χ3n) is 2.75. The second-order valence-electron chi connectivity index (χ2n) is 4.20. The minimum Gasteiger partial charge on any atom is -0.396 e. The van der Waals surface area contributed by atoms with Gasteiger partial charge in [0.15, 0.2) is 0 Å². The Bertz CT molecular complexity index is 684. The summed E-state index contributed by atoms with van der Waals surface area (Å²) in [6, 6.07) is 11.7. The van der Waals surface area contributed by atoms with E-state index in [9.17, 15) is 12.8 Å². The predicted octanol–water partition coefficient (Wildman–Crippen LogP) is 2.16. The van der Waals surface area contributed by atoms with E-state index in [-0.39, 0.29) is 17.2 Å². The van der Waals surface area contributed by atoms with Crippen LogP contribution in [0.5, 0.6) is 0 Å². The number of nitrogens with one attached hydrogen (secondary N) is 1. The molecule has 20 heavy (non-hydrogen) atoms. The quantitative estimate of drug-likeness (QED) is 0.888. The van der Waals surface area contributed by atoms with Crippen molar-refractivity contribution in [1.29, 1.82) is 0 Å². The van der Waals surface area contributed by atoms with Gasteiger partial charge in [0.2, 0.25) is 0 Å². The number of para-hydroxylation sites is 1. The third-order valence-corrected chi connectivity index (χ3v) is 4.13. The average Bonchev–Trinajstić information content (AvgIpc) is 2.42. The van der Waals surface area contributed by atoms with Gasteiger partial charge < -0.3 is 5.11 Å². The lowest BCUT2D eigenvalue weighted by molar-refractivity contribution is 0.299. The van der Waals surface area contributed by atoms with Crippen molar-refractivity contribution in [3.05, 3.63) is 59.9 Å². The minimum atomic E-state index is -3.82. The molecule has 0 unspecified atom stereocenters. The summed E-state index contributed by atoms with van der Waals surface area (Å²) >= 11 is 0. The molecular weight excluding hydrogens is 281 g/mol. The summed E-state index contributed by atoms with van der Waals surface area (Å²) in [5.41, 5.74) is 0.740. The van der Waals surface area contributed by atoms with Gasteiger partial charge in [-0.25, -0.2) is 12.8 Å². The smallest absolute Gasteiger partial charge is 0.261 e. The highest BCUT2D eigenvalue weighted by Crippen LogP contribution is 2.19. The summed E-state index contributed by atoms with van der Waals surface area (Å²) in [6.07, 6.45) is 0.459. The van der Waals surface area contributed by atoms with Gasteiger partial charge in [0, 0.05) is 6.61 Å². The fraction of sp³-hybridized carbons (Fsp3) is 0.143. The van der Waals surface area contributed by atoms with E-state index in [2.05, 4.69) is 4.72 Å². The topological polar surface area (TPSA) is 66.4 Å². The maximum atomic E-state index is 13.4. The molecule has 2 aromatic carbocycles. The average molecular weight is 295 g/mol. The van der Waals surface area contributed by atoms with Gasteiger partial charge in [-0.1, -0.05) is 24.3 Å². The van der Waals surface area contributed by atoms with Crippen LogP contribution < -0.4 is 4.72 Å². The van der Waals surface area contributed by atoms with Crippen LogP contribution in [-0.2, 0) is 16.4 Å². The van der Waals surface area contributed by atoms with E-state index in [1.807, 2.05) is 0 Å². The Morgan fingerprint density at radius 1 is 1.05 bits per heavy atom. The summed E-state index contributed by atoms with van der Waals surface area (Å²) in [5.74, 6) is -0.632. The monoisotopic (exact) mass is 295 g/mol. The van der Waals surface area contributed by atoms with Gasteiger partial charge in [0.1, 0.15) is 5.82 Å². The van der Waals surface area contributed by atoms with Crippen LogP contribution in [0.15, 0.2) is 53.4 Å². The molecule has 0 spiro atoms. The highest BCUT2D eigenvalue weighted by molar-refractivity contribution is 7.92. The predicted molar refractivity (Wildman–Crippen MR) is 74.4 cm³/mol. The molecule has 0 saturated heterocycles. The molecule has 0 atom stereocenters. The molecule has 0 amide bonds. The Balaban J connectivity index is 2.24. The Hall–Kier alpha value is -1.92.